The Balaban J connectivity index is 1.69. The summed E-state index contributed by atoms with van der Waals surface area (Å²) in [7, 11) is 0. The molecule has 1 saturated heterocycles. The Hall–Kier alpha value is -2.28. The van der Waals surface area contributed by atoms with Crippen LogP contribution < -0.4 is 10.6 Å². The number of anilines is 1. The summed E-state index contributed by atoms with van der Waals surface area (Å²) in [6.45, 7) is 1.88. The Bertz CT molecular complexity index is 636. The summed E-state index contributed by atoms with van der Waals surface area (Å²) in [5, 5.41) is 13.8. The highest BCUT2D eigenvalue weighted by Crippen LogP contribution is 2.17. The predicted octanol–water partition coefficient (Wildman–Crippen LogP) is 1.59. The minimum atomic E-state index is -0.397. The molecule has 1 aliphatic rings. The largest absolute Gasteiger partial charge is 0.320 e. The second-order valence-electron chi connectivity index (χ2n) is 5.03. The van der Waals surface area contributed by atoms with E-state index in [0.29, 0.717) is 5.69 Å². The van der Waals surface area contributed by atoms with Crippen molar-refractivity contribution < 1.29 is 9.18 Å². The van der Waals surface area contributed by atoms with E-state index in [9.17, 15) is 9.18 Å². The molecule has 0 saturated carbocycles. The fourth-order valence-corrected chi connectivity index (χ4v) is 2.39. The average Bonchev–Trinajstić information content (AvgIpc) is 2.98. The lowest BCUT2D eigenvalue weighted by molar-refractivity contribution is 0.102. The number of halogens is 1. The lowest BCUT2D eigenvalue weighted by atomic mass is 10.1. The maximum Gasteiger partial charge on any atom is 0.277 e. The van der Waals surface area contributed by atoms with Gasteiger partial charge in [-0.3, -0.25) is 4.79 Å². The number of hydrogen-bond donors (Lipinski definition) is 2. The molecule has 2 N–H and O–H groups in total. The number of amides is 1. The summed E-state index contributed by atoms with van der Waals surface area (Å²) in [5.74, 6) is -0.785. The van der Waals surface area contributed by atoms with E-state index in [0.717, 1.165) is 25.9 Å². The molecule has 7 heteroatoms. The third-order valence-electron chi connectivity index (χ3n) is 3.51. The number of piperidine rings is 1. The van der Waals surface area contributed by atoms with Crippen LogP contribution in [0.5, 0.6) is 0 Å². The first-order valence-corrected chi connectivity index (χ1v) is 6.92. The van der Waals surface area contributed by atoms with Gasteiger partial charge in [-0.1, -0.05) is 11.3 Å². The zero-order chi connectivity index (χ0) is 14.7. The van der Waals surface area contributed by atoms with Crippen molar-refractivity contribution in [1.82, 2.24) is 20.3 Å². The van der Waals surface area contributed by atoms with E-state index in [1.807, 2.05) is 0 Å². The van der Waals surface area contributed by atoms with Crippen molar-refractivity contribution in [2.24, 2.45) is 0 Å². The molecule has 1 aromatic heterocycles. The maximum atomic E-state index is 13.1. The van der Waals surface area contributed by atoms with Crippen LogP contribution >= 0.6 is 0 Å². The second kappa shape index (κ2) is 6.01. The second-order valence-corrected chi connectivity index (χ2v) is 5.03. The highest BCUT2D eigenvalue weighted by atomic mass is 19.1. The SMILES string of the molecule is O=C(Nc1cccc(F)c1)c1cn(C2CCNCC2)nn1. The molecule has 0 radical (unpaired) electrons. The van der Waals surface area contributed by atoms with E-state index in [4.69, 9.17) is 0 Å². The summed E-state index contributed by atoms with van der Waals surface area (Å²) in [6.07, 6.45) is 3.58. The predicted molar refractivity (Wildman–Crippen MR) is 75.5 cm³/mol. The number of carbonyl (C=O) groups excluding carboxylic acids is 1. The van der Waals surface area contributed by atoms with Gasteiger partial charge in [0.05, 0.1) is 12.2 Å². The summed E-state index contributed by atoms with van der Waals surface area (Å²) < 4.78 is 14.8. The van der Waals surface area contributed by atoms with Crippen LogP contribution in [-0.4, -0.2) is 34.0 Å². The molecule has 21 heavy (non-hydrogen) atoms. The van der Waals surface area contributed by atoms with Gasteiger partial charge in [0.15, 0.2) is 5.69 Å². The third kappa shape index (κ3) is 3.25. The van der Waals surface area contributed by atoms with Gasteiger partial charge in [0.2, 0.25) is 0 Å². The lowest BCUT2D eigenvalue weighted by Gasteiger charge is -2.22. The molecule has 2 heterocycles. The summed E-state index contributed by atoms with van der Waals surface area (Å²) in [5.41, 5.74) is 0.634. The Morgan fingerprint density at radius 3 is 2.95 bits per heavy atom. The standard InChI is InChI=1S/C14H16FN5O/c15-10-2-1-3-11(8-10)17-14(21)13-9-20(19-18-13)12-4-6-16-7-5-12/h1-3,8-9,12,16H,4-7H2,(H,17,21). The molecule has 1 aliphatic heterocycles. The van der Waals surface area contributed by atoms with Crippen LogP contribution in [0.25, 0.3) is 0 Å². The Morgan fingerprint density at radius 2 is 2.19 bits per heavy atom. The number of aromatic nitrogens is 3. The molecule has 1 aromatic carbocycles. The molecule has 1 amide bonds. The molecule has 2 aromatic rings. The molecule has 6 nitrogen and oxygen atoms in total. The van der Waals surface area contributed by atoms with Crippen molar-refractivity contribution in [1.29, 1.82) is 0 Å². The van der Waals surface area contributed by atoms with E-state index in [1.54, 1.807) is 16.9 Å². The van der Waals surface area contributed by atoms with Gasteiger partial charge in [-0.05, 0) is 44.1 Å². The highest BCUT2D eigenvalue weighted by molar-refractivity contribution is 6.02. The Morgan fingerprint density at radius 1 is 1.38 bits per heavy atom. The number of benzene rings is 1. The molecule has 110 valence electrons. The Labute approximate surface area is 121 Å². The molecular weight excluding hydrogens is 273 g/mol. The normalized spacial score (nSPS) is 15.9. The number of rotatable bonds is 3. The van der Waals surface area contributed by atoms with Gasteiger partial charge in [0.25, 0.3) is 5.91 Å². The quantitative estimate of drug-likeness (QED) is 0.900. The summed E-state index contributed by atoms with van der Waals surface area (Å²) in [6, 6.07) is 6.02. The first kappa shape index (κ1) is 13.7. The number of hydrogen-bond acceptors (Lipinski definition) is 4. The molecule has 0 unspecified atom stereocenters. The molecule has 0 aliphatic carbocycles. The van der Waals surface area contributed by atoms with Crippen molar-refractivity contribution in [2.75, 3.05) is 18.4 Å². The summed E-state index contributed by atoms with van der Waals surface area (Å²) in [4.78, 5) is 12.1. The number of nitrogens with zero attached hydrogens (tertiary/aromatic N) is 3. The fourth-order valence-electron chi connectivity index (χ4n) is 2.39. The topological polar surface area (TPSA) is 71.8 Å². The van der Waals surface area contributed by atoms with Crippen LogP contribution in [0.2, 0.25) is 0 Å². The van der Waals surface area contributed by atoms with Crippen LogP contribution in [0.3, 0.4) is 0 Å². The monoisotopic (exact) mass is 289 g/mol. The van der Waals surface area contributed by atoms with Gasteiger partial charge in [0.1, 0.15) is 5.82 Å². The molecule has 0 bridgehead atoms. The fraction of sp³-hybridized carbons (Fsp3) is 0.357. The third-order valence-corrected chi connectivity index (χ3v) is 3.51. The van der Waals surface area contributed by atoms with Gasteiger partial charge in [-0.15, -0.1) is 5.10 Å². The number of nitrogens with one attached hydrogen (secondary N) is 2. The molecule has 1 fully saturated rings. The van der Waals surface area contributed by atoms with Crippen molar-refractivity contribution >= 4 is 11.6 Å². The Kier molecular flexibility index (Phi) is 3.92. The van der Waals surface area contributed by atoms with Crippen molar-refractivity contribution in [3.05, 3.63) is 42.0 Å². The lowest BCUT2D eigenvalue weighted by Crippen LogP contribution is -2.29. The zero-order valence-corrected chi connectivity index (χ0v) is 11.4. The minimum absolute atomic E-state index is 0.234. The van der Waals surface area contributed by atoms with E-state index in [2.05, 4.69) is 20.9 Å². The number of carbonyl (C=O) groups is 1. The molecule has 0 spiro atoms. The van der Waals surface area contributed by atoms with Crippen LogP contribution in [-0.2, 0) is 0 Å². The van der Waals surface area contributed by atoms with Gasteiger partial charge in [0, 0.05) is 5.69 Å². The first-order valence-electron chi connectivity index (χ1n) is 6.92. The highest BCUT2D eigenvalue weighted by Gasteiger charge is 2.18. The van der Waals surface area contributed by atoms with Gasteiger partial charge in [-0.2, -0.15) is 0 Å². The van der Waals surface area contributed by atoms with Gasteiger partial charge < -0.3 is 10.6 Å². The van der Waals surface area contributed by atoms with Crippen molar-refractivity contribution in [3.8, 4) is 0 Å². The maximum absolute atomic E-state index is 13.1. The van der Waals surface area contributed by atoms with Gasteiger partial charge >= 0.3 is 0 Å². The summed E-state index contributed by atoms with van der Waals surface area (Å²) >= 11 is 0. The van der Waals surface area contributed by atoms with Crippen LogP contribution in [0, 0.1) is 5.82 Å². The molecular formula is C14H16FN5O. The minimum Gasteiger partial charge on any atom is -0.320 e. The van der Waals surface area contributed by atoms with Crippen molar-refractivity contribution in [2.45, 2.75) is 18.9 Å². The first-order chi connectivity index (χ1) is 10.2. The smallest absolute Gasteiger partial charge is 0.277 e. The van der Waals surface area contributed by atoms with Gasteiger partial charge in [-0.25, -0.2) is 9.07 Å². The van der Waals surface area contributed by atoms with Crippen LogP contribution in [0.15, 0.2) is 30.5 Å². The van der Waals surface area contributed by atoms with Crippen LogP contribution in [0.4, 0.5) is 10.1 Å². The van der Waals surface area contributed by atoms with E-state index < -0.39 is 5.82 Å². The zero-order valence-electron chi connectivity index (χ0n) is 11.4. The van der Waals surface area contributed by atoms with Crippen LogP contribution in [0.1, 0.15) is 29.4 Å². The van der Waals surface area contributed by atoms with E-state index in [1.165, 1.54) is 18.2 Å². The molecule has 0 atom stereocenters. The van der Waals surface area contributed by atoms with E-state index in [-0.39, 0.29) is 17.6 Å². The molecule has 3 rings (SSSR count). The average molecular weight is 289 g/mol. The van der Waals surface area contributed by atoms with Crippen molar-refractivity contribution in [3.63, 3.8) is 0 Å². The van der Waals surface area contributed by atoms with E-state index >= 15 is 0 Å².